The van der Waals surface area contributed by atoms with Gasteiger partial charge in [-0.25, -0.2) is 9.59 Å². The number of ether oxygens (including phenoxy) is 1. The number of hydrogen-bond acceptors (Lipinski definition) is 7. The van der Waals surface area contributed by atoms with Crippen molar-refractivity contribution in [3.8, 4) is 0 Å². The monoisotopic (exact) mass is 675 g/mol. The van der Waals surface area contributed by atoms with Gasteiger partial charge in [0.1, 0.15) is 0 Å². The number of hydrogen-bond donors (Lipinski definition) is 1. The Labute approximate surface area is 321 Å². The van der Waals surface area contributed by atoms with E-state index >= 15 is 0 Å². The van der Waals surface area contributed by atoms with Gasteiger partial charge in [-0.2, -0.15) is 0 Å². The van der Waals surface area contributed by atoms with E-state index in [-0.39, 0.29) is 62.8 Å². The first-order chi connectivity index (χ1) is 20.9. The fourth-order valence-corrected chi connectivity index (χ4v) is 6.95. The van der Waals surface area contributed by atoms with Crippen molar-refractivity contribution in [1.29, 1.82) is 0 Å². The van der Waals surface area contributed by atoms with E-state index in [1.54, 1.807) is 18.5 Å². The van der Waals surface area contributed by atoms with Gasteiger partial charge in [0.2, 0.25) is 0 Å². The van der Waals surface area contributed by atoms with Crippen LogP contribution in [0.5, 0.6) is 0 Å². The number of aromatic nitrogens is 3. The van der Waals surface area contributed by atoms with Crippen molar-refractivity contribution in [2.75, 3.05) is 7.11 Å². The summed E-state index contributed by atoms with van der Waals surface area (Å²) in [5, 5.41) is 9.62. The van der Waals surface area contributed by atoms with E-state index in [1.807, 2.05) is 6.07 Å². The quantitative estimate of drug-likeness (QED) is 0.286. The topological polar surface area (TPSA) is 132 Å². The second-order valence-electron chi connectivity index (χ2n) is 13.2. The molecule has 244 valence electrons. The molecule has 3 atom stereocenters. The molecule has 10 heteroatoms. The van der Waals surface area contributed by atoms with Gasteiger partial charge < -0.3 is 15.3 Å². The first-order valence-electron chi connectivity index (χ1n) is 15.8. The minimum atomic E-state index is -0.890. The van der Waals surface area contributed by atoms with Gasteiger partial charge >= 0.3 is 63.3 Å². The van der Waals surface area contributed by atoms with Gasteiger partial charge in [0.15, 0.2) is 0 Å². The number of methoxy groups -OCH3 is 1. The zero-order valence-electron chi connectivity index (χ0n) is 28.5. The van der Waals surface area contributed by atoms with Crippen molar-refractivity contribution >= 4 is 23.5 Å². The van der Waals surface area contributed by atoms with Crippen LogP contribution in [0.3, 0.4) is 0 Å². The molecule has 2 N–H and O–H groups in total. The molecule has 6 rings (SSSR count). The summed E-state index contributed by atoms with van der Waals surface area (Å²) >= 11 is 5.89. The third-order valence-electron chi connectivity index (χ3n) is 9.28. The Kier molecular flexibility index (Phi) is 16.0. The van der Waals surface area contributed by atoms with Crippen LogP contribution in [-0.4, -0.2) is 44.6 Å². The molecular weight excluding hydrogens is 629 g/mol. The van der Waals surface area contributed by atoms with Gasteiger partial charge in [0.25, 0.3) is 0 Å². The Morgan fingerprint density at radius 2 is 1.09 bits per heavy atom. The normalized spacial score (nSPS) is 18.6. The molecule has 0 amide bonds. The molecule has 0 unspecified atom stereocenters. The smallest absolute Gasteiger partial charge is 0.870 e. The van der Waals surface area contributed by atoms with Crippen LogP contribution in [0.25, 0.3) is 0 Å². The van der Waals surface area contributed by atoms with Crippen molar-refractivity contribution < 1.29 is 76.3 Å². The van der Waals surface area contributed by atoms with E-state index in [4.69, 9.17) is 21.4 Å². The average Bonchev–Trinajstić information content (AvgIpc) is 3.73. The summed E-state index contributed by atoms with van der Waals surface area (Å²) in [6.07, 6.45) is 11.5. The Hall–Kier alpha value is -1.72. The van der Waals surface area contributed by atoms with Crippen molar-refractivity contribution in [3.05, 3.63) is 86.7 Å². The molecule has 3 aliphatic carbocycles. The number of esters is 1. The van der Waals surface area contributed by atoms with Gasteiger partial charge in [0, 0.05) is 53.4 Å². The summed E-state index contributed by atoms with van der Waals surface area (Å²) in [4.78, 5) is 35.3. The number of halogens is 1. The molecule has 3 heterocycles. The average molecular weight is 676 g/mol. The first kappa shape index (κ1) is 40.5. The number of nitrogens with zero attached hydrogens (tertiary/aromatic N) is 3. The van der Waals surface area contributed by atoms with E-state index in [0.29, 0.717) is 46.6 Å². The maximum atomic E-state index is 11.4. The van der Waals surface area contributed by atoms with Gasteiger partial charge in [-0.3, -0.25) is 15.0 Å². The van der Waals surface area contributed by atoms with Gasteiger partial charge in [0.05, 0.1) is 23.3 Å². The molecule has 0 aliphatic heterocycles. The molecule has 0 saturated heterocycles. The van der Waals surface area contributed by atoms with Gasteiger partial charge in [-0.15, -0.1) is 0 Å². The number of carboxylic acids is 1. The first-order valence-corrected chi connectivity index (χ1v) is 16.2. The number of aromatic carboxylic acids is 1. The maximum absolute atomic E-state index is 11.4. The number of carboxylic acid groups (broad SMARTS) is 1. The van der Waals surface area contributed by atoms with E-state index in [1.165, 1.54) is 42.2 Å². The van der Waals surface area contributed by atoms with E-state index in [2.05, 4.69) is 62.6 Å². The van der Waals surface area contributed by atoms with E-state index in [9.17, 15) is 9.59 Å². The largest absolute Gasteiger partial charge is 1.00 e. The van der Waals surface area contributed by atoms with Crippen LogP contribution in [0.2, 0.25) is 5.02 Å². The van der Waals surface area contributed by atoms with Gasteiger partial charge in [-0.1, -0.05) is 53.1 Å². The van der Waals surface area contributed by atoms with Crippen LogP contribution < -0.4 is 51.4 Å². The van der Waals surface area contributed by atoms with Crippen LogP contribution >= 0.6 is 11.6 Å². The van der Waals surface area contributed by atoms with Crippen molar-refractivity contribution in [1.82, 2.24) is 15.0 Å². The molecule has 0 fully saturated rings. The molecule has 8 nitrogen and oxygen atoms in total. The summed E-state index contributed by atoms with van der Waals surface area (Å²) in [7, 11) is 1.40. The number of carbonyl (C=O) groups is 2. The zero-order chi connectivity index (χ0) is 32.1. The summed E-state index contributed by atoms with van der Waals surface area (Å²) in [6, 6.07) is 5.76. The maximum Gasteiger partial charge on any atom is 1.00 e. The Bertz CT molecular complexity index is 1500. The fourth-order valence-electron chi connectivity index (χ4n) is 6.77. The minimum absolute atomic E-state index is 0. The van der Waals surface area contributed by atoms with Crippen LogP contribution in [0, 0.1) is 17.8 Å². The zero-order valence-corrected chi connectivity index (χ0v) is 32.4. The minimum Gasteiger partial charge on any atom is -0.870 e. The molecule has 0 aromatic carbocycles. The molecule has 3 aromatic heterocycles. The van der Waals surface area contributed by atoms with Gasteiger partial charge in [-0.05, 0) is 91.2 Å². The van der Waals surface area contributed by atoms with Crippen LogP contribution in [0.15, 0.2) is 36.8 Å². The second kappa shape index (κ2) is 18.2. The van der Waals surface area contributed by atoms with Crippen molar-refractivity contribution in [2.45, 2.75) is 97.8 Å². The van der Waals surface area contributed by atoms with E-state index in [0.717, 1.165) is 48.4 Å². The number of aryl methyl sites for hydroxylation is 3. The van der Waals surface area contributed by atoms with E-state index < -0.39 is 5.97 Å². The molecule has 0 spiro atoms. The molecule has 0 radical (unpaired) electrons. The second-order valence-corrected chi connectivity index (χ2v) is 13.6. The van der Waals surface area contributed by atoms with Crippen molar-refractivity contribution in [2.24, 2.45) is 17.8 Å². The summed E-state index contributed by atoms with van der Waals surface area (Å²) in [5.41, 5.74) is 8.10. The number of carbonyl (C=O) groups excluding carboxylic acids is 1. The SMILES string of the molecule is CC(C)[C@@H]1CCc2cc(C(=O)O)cnc21.CC(C)[C@@H]1CCc2cc(Cl)cnc21.COC(=O)c1cnc2c(c1)CC[C@H]2C(C)C.[K+].[OH-]. The standard InChI is InChI=1S/C13H17NO2.C12H15NO2.C11H14ClN.K.H2O/c1-8(2)11-5-4-9-6-10(13(15)16-3)7-14-12(9)11;1-7(2)10-4-3-8-5-9(12(14)15)6-13-11(8)10;1-7(2)10-4-3-8-5-9(12)6-13-11(8)10;;/h6-8,11H,4-5H2,1-3H3;5-7,10H,3-4H2,1-2H3,(H,14,15);5-7,10H,3-4H2,1-2H3;;1H2/q;;;+1;/p-1/t11-;2*10-;;/m000../s1. The number of rotatable bonds is 5. The third-order valence-corrected chi connectivity index (χ3v) is 9.49. The predicted molar refractivity (Wildman–Crippen MR) is 176 cm³/mol. The number of fused-ring (bicyclic) bond motifs is 3. The molecule has 46 heavy (non-hydrogen) atoms. The summed E-state index contributed by atoms with van der Waals surface area (Å²) in [5.74, 6) is 2.38. The predicted octanol–water partition coefficient (Wildman–Crippen LogP) is 5.27. The Morgan fingerprint density at radius 1 is 0.717 bits per heavy atom. The molecule has 3 aromatic rings. The molecule has 3 aliphatic rings. The summed E-state index contributed by atoms with van der Waals surface area (Å²) in [6.45, 7) is 13.3. The third kappa shape index (κ3) is 9.68. The fraction of sp³-hybridized carbons (Fsp3) is 0.528. The molecular formula is C36H47ClKN3O5. The van der Waals surface area contributed by atoms with Crippen LogP contribution in [0.1, 0.15) is 133 Å². The summed E-state index contributed by atoms with van der Waals surface area (Å²) < 4.78 is 4.69. The van der Waals surface area contributed by atoms with Crippen molar-refractivity contribution in [3.63, 3.8) is 0 Å². The van der Waals surface area contributed by atoms with Crippen LogP contribution in [-0.2, 0) is 24.0 Å². The Morgan fingerprint density at radius 3 is 1.48 bits per heavy atom. The molecule has 0 saturated carbocycles. The Balaban J connectivity index is 0.000000236. The molecule has 0 bridgehead atoms. The number of pyridine rings is 3. The van der Waals surface area contributed by atoms with Crippen LogP contribution in [0.4, 0.5) is 0 Å².